The van der Waals surface area contributed by atoms with E-state index in [0.717, 1.165) is 45.3 Å². The smallest absolute Gasteiger partial charge is 0.340 e. The second kappa shape index (κ2) is 6.86. The minimum Gasteiger partial charge on any atom is -0.497 e. The van der Waals surface area contributed by atoms with Crippen molar-refractivity contribution in [3.8, 4) is 0 Å². The maximum Gasteiger partial charge on any atom is 0.340 e. The predicted molar refractivity (Wildman–Crippen MR) is 102 cm³/mol. The van der Waals surface area contributed by atoms with Gasteiger partial charge in [-0.3, -0.25) is 4.79 Å². The minimum absolute atomic E-state index is 0.160. The zero-order chi connectivity index (χ0) is 20.3. The molecule has 5 rings (SSSR count). The molecule has 2 saturated heterocycles. The van der Waals surface area contributed by atoms with Gasteiger partial charge >= 0.3 is 5.97 Å². The number of Topliss-reactive ketones (excluding diaryl/α,β-unsaturated/α-hetero) is 1. The number of hydrogen-bond acceptors (Lipinski definition) is 6. The minimum atomic E-state index is -1.27. The number of hydrogen-bond donors (Lipinski definition) is 2. The summed E-state index contributed by atoms with van der Waals surface area (Å²) in [4.78, 5) is 28.5. The van der Waals surface area contributed by atoms with E-state index in [1.807, 2.05) is 4.90 Å². The average Bonchev–Trinajstić information content (AvgIpc) is 3.43. The van der Waals surface area contributed by atoms with Crippen LogP contribution in [0.3, 0.4) is 0 Å². The van der Waals surface area contributed by atoms with Gasteiger partial charge in [0.2, 0.25) is 0 Å². The SMILES string of the molecule is COC1=C(N2CCCC3CNCC32)C(F)=CC2C(=O)C(C(=O)O)=CN(C3CC3)C12. The lowest BCUT2D eigenvalue weighted by molar-refractivity contribution is -0.136. The molecule has 1 saturated carbocycles. The standard InChI is InChI=1S/C21H26FN3O4/c1-29-20-17-13(19(26)14(21(27)28)10-25(17)12-4-5-12)7-15(22)18(20)24-6-2-3-11-8-23-9-16(11)24/h7,10-13,16-17,23H,2-6,8-9H2,1H3,(H,27,28). The third kappa shape index (κ3) is 2.87. The fourth-order valence-electron chi connectivity index (χ4n) is 5.47. The summed E-state index contributed by atoms with van der Waals surface area (Å²) < 4.78 is 21.2. The van der Waals surface area contributed by atoms with Crippen molar-refractivity contribution in [2.24, 2.45) is 11.8 Å². The van der Waals surface area contributed by atoms with Crippen molar-refractivity contribution >= 4 is 11.8 Å². The van der Waals surface area contributed by atoms with Crippen molar-refractivity contribution in [2.45, 2.75) is 43.8 Å². The molecule has 3 heterocycles. The Balaban J connectivity index is 1.61. The van der Waals surface area contributed by atoms with Gasteiger partial charge in [-0.25, -0.2) is 9.18 Å². The fourth-order valence-corrected chi connectivity index (χ4v) is 5.47. The number of ether oxygens (including phenoxy) is 1. The summed E-state index contributed by atoms with van der Waals surface area (Å²) in [5, 5.41) is 12.9. The molecule has 7 nitrogen and oxygen atoms in total. The summed E-state index contributed by atoms with van der Waals surface area (Å²) in [6.45, 7) is 2.49. The van der Waals surface area contributed by atoms with Gasteiger partial charge in [-0.2, -0.15) is 0 Å². The van der Waals surface area contributed by atoms with Crippen LogP contribution >= 0.6 is 0 Å². The van der Waals surface area contributed by atoms with E-state index in [2.05, 4.69) is 10.2 Å². The first-order valence-corrected chi connectivity index (χ1v) is 10.4. The number of likely N-dealkylation sites (tertiary alicyclic amines) is 1. The molecule has 0 amide bonds. The van der Waals surface area contributed by atoms with Gasteiger partial charge in [0.1, 0.15) is 28.9 Å². The molecule has 2 N–H and O–H groups in total. The number of piperidine rings is 1. The molecule has 0 radical (unpaired) electrons. The monoisotopic (exact) mass is 403 g/mol. The first-order chi connectivity index (χ1) is 14.0. The number of nitrogens with zero attached hydrogens (tertiary/aromatic N) is 2. The molecule has 0 aromatic rings. The molecule has 4 unspecified atom stereocenters. The van der Waals surface area contributed by atoms with Crippen molar-refractivity contribution in [1.82, 2.24) is 15.1 Å². The molecule has 0 spiro atoms. The highest BCUT2D eigenvalue weighted by molar-refractivity contribution is 6.18. The Morgan fingerprint density at radius 2 is 2.10 bits per heavy atom. The molecule has 5 aliphatic rings. The normalized spacial score (nSPS) is 34.5. The van der Waals surface area contributed by atoms with E-state index < -0.39 is 29.5 Å². The number of nitrogens with one attached hydrogen (secondary N) is 1. The summed E-state index contributed by atoms with van der Waals surface area (Å²) in [6, 6.07) is -0.126. The van der Waals surface area contributed by atoms with Crippen molar-refractivity contribution in [3.63, 3.8) is 0 Å². The van der Waals surface area contributed by atoms with E-state index in [1.54, 1.807) is 0 Å². The molecule has 0 aromatic heterocycles. The zero-order valence-corrected chi connectivity index (χ0v) is 16.4. The number of carbonyl (C=O) groups excluding carboxylic acids is 1. The molecule has 0 aromatic carbocycles. The second-order valence-electron chi connectivity index (χ2n) is 8.61. The first kappa shape index (κ1) is 18.7. The Morgan fingerprint density at radius 3 is 2.79 bits per heavy atom. The Labute approximate surface area is 168 Å². The molecule has 3 aliphatic heterocycles. The van der Waals surface area contributed by atoms with Crippen LogP contribution in [0.15, 0.2) is 35.1 Å². The quantitative estimate of drug-likeness (QED) is 0.687. The maximum atomic E-state index is 15.5. The lowest BCUT2D eigenvalue weighted by Gasteiger charge is -2.46. The van der Waals surface area contributed by atoms with Crippen molar-refractivity contribution in [3.05, 3.63) is 35.1 Å². The number of carboxylic acids is 1. The van der Waals surface area contributed by atoms with E-state index in [-0.39, 0.29) is 17.7 Å². The highest BCUT2D eigenvalue weighted by atomic mass is 19.1. The Bertz CT molecular complexity index is 847. The van der Waals surface area contributed by atoms with E-state index in [1.165, 1.54) is 19.4 Å². The number of carboxylic acid groups (broad SMARTS) is 1. The van der Waals surface area contributed by atoms with Gasteiger partial charge < -0.3 is 25.0 Å². The van der Waals surface area contributed by atoms with Gasteiger partial charge in [-0.15, -0.1) is 0 Å². The number of halogens is 1. The lowest BCUT2D eigenvalue weighted by atomic mass is 9.80. The van der Waals surface area contributed by atoms with Crippen LogP contribution in [-0.2, 0) is 14.3 Å². The second-order valence-corrected chi connectivity index (χ2v) is 8.61. The van der Waals surface area contributed by atoms with Gasteiger partial charge in [-0.1, -0.05) is 0 Å². The van der Waals surface area contributed by atoms with Crippen LogP contribution < -0.4 is 5.32 Å². The van der Waals surface area contributed by atoms with Crippen LogP contribution in [0, 0.1) is 11.8 Å². The molecule has 4 atom stereocenters. The van der Waals surface area contributed by atoms with Gasteiger partial charge in [0.15, 0.2) is 5.78 Å². The Kier molecular flexibility index (Phi) is 4.42. The van der Waals surface area contributed by atoms with Crippen molar-refractivity contribution in [2.75, 3.05) is 26.7 Å². The molecule has 8 heteroatoms. The topological polar surface area (TPSA) is 82.1 Å². The van der Waals surface area contributed by atoms with Crippen LogP contribution in [0.25, 0.3) is 0 Å². The lowest BCUT2D eigenvalue weighted by Crippen LogP contribution is -2.52. The number of carbonyl (C=O) groups is 2. The van der Waals surface area contributed by atoms with Crippen LogP contribution in [0.5, 0.6) is 0 Å². The van der Waals surface area contributed by atoms with Crippen LogP contribution in [-0.4, -0.2) is 71.5 Å². The van der Waals surface area contributed by atoms with Gasteiger partial charge in [0.25, 0.3) is 0 Å². The summed E-state index contributed by atoms with van der Waals surface area (Å²) >= 11 is 0. The Hall–Kier alpha value is -2.35. The van der Waals surface area contributed by atoms with Crippen molar-refractivity contribution in [1.29, 1.82) is 0 Å². The summed E-state index contributed by atoms with van der Waals surface area (Å²) in [5.41, 5.74) is 0.164. The van der Waals surface area contributed by atoms with Gasteiger partial charge in [0, 0.05) is 37.9 Å². The summed E-state index contributed by atoms with van der Waals surface area (Å²) in [6.07, 6.45) is 6.74. The largest absolute Gasteiger partial charge is 0.497 e. The number of rotatable bonds is 4. The number of allylic oxidation sites excluding steroid dienone is 1. The zero-order valence-electron chi connectivity index (χ0n) is 16.4. The number of ketones is 1. The van der Waals surface area contributed by atoms with E-state index in [4.69, 9.17) is 4.74 Å². The third-order valence-electron chi connectivity index (χ3n) is 6.95. The first-order valence-electron chi connectivity index (χ1n) is 10.4. The molecule has 3 fully saturated rings. The van der Waals surface area contributed by atoms with Gasteiger partial charge in [-0.05, 0) is 37.7 Å². The summed E-state index contributed by atoms with van der Waals surface area (Å²) in [7, 11) is 1.52. The predicted octanol–water partition coefficient (Wildman–Crippen LogP) is 1.40. The molecule has 2 aliphatic carbocycles. The van der Waals surface area contributed by atoms with E-state index >= 15 is 4.39 Å². The summed E-state index contributed by atoms with van der Waals surface area (Å²) in [5.74, 6) is -2.26. The molecular formula is C21H26FN3O4. The molecule has 156 valence electrons. The van der Waals surface area contributed by atoms with Gasteiger partial charge in [0.05, 0.1) is 13.0 Å². The molecule has 29 heavy (non-hydrogen) atoms. The van der Waals surface area contributed by atoms with E-state index in [9.17, 15) is 14.7 Å². The number of methoxy groups -OCH3 is 1. The third-order valence-corrected chi connectivity index (χ3v) is 6.95. The van der Waals surface area contributed by atoms with Crippen molar-refractivity contribution < 1.29 is 23.8 Å². The molecule has 0 bridgehead atoms. The van der Waals surface area contributed by atoms with Crippen LogP contribution in [0.4, 0.5) is 4.39 Å². The fraction of sp³-hybridized carbons (Fsp3) is 0.619. The van der Waals surface area contributed by atoms with Crippen LogP contribution in [0.1, 0.15) is 25.7 Å². The highest BCUT2D eigenvalue weighted by Gasteiger charge is 2.51. The average molecular weight is 403 g/mol. The van der Waals surface area contributed by atoms with E-state index in [0.29, 0.717) is 17.4 Å². The highest BCUT2D eigenvalue weighted by Crippen LogP contribution is 2.45. The molecular weight excluding hydrogens is 377 g/mol. The number of fused-ring (bicyclic) bond motifs is 2. The van der Waals surface area contributed by atoms with Crippen LogP contribution in [0.2, 0.25) is 0 Å². The Morgan fingerprint density at radius 1 is 1.31 bits per heavy atom. The number of aliphatic carboxylic acids is 1. The maximum absolute atomic E-state index is 15.5.